The van der Waals surface area contributed by atoms with E-state index in [0.717, 1.165) is 11.1 Å². The van der Waals surface area contributed by atoms with Crippen molar-refractivity contribution in [1.82, 2.24) is 5.32 Å². The number of carbonyl (C=O) groups is 1. The molecule has 5 nitrogen and oxygen atoms in total. The fourth-order valence-corrected chi connectivity index (χ4v) is 1.56. The first-order valence-electron chi connectivity index (χ1n) is 5.80. The van der Waals surface area contributed by atoms with Gasteiger partial charge in [-0.3, -0.25) is 4.79 Å². The van der Waals surface area contributed by atoms with Crippen molar-refractivity contribution in [2.24, 2.45) is 5.73 Å². The fourth-order valence-electron chi connectivity index (χ4n) is 1.56. The average molecular weight is 252 g/mol. The van der Waals surface area contributed by atoms with E-state index in [1.807, 2.05) is 31.2 Å². The van der Waals surface area contributed by atoms with Gasteiger partial charge in [0.1, 0.15) is 6.04 Å². The summed E-state index contributed by atoms with van der Waals surface area (Å²) in [6.45, 7) is 2.04. The van der Waals surface area contributed by atoms with Gasteiger partial charge < -0.3 is 20.9 Å². The molecule has 0 aromatic heterocycles. The number of ether oxygens (including phenoxy) is 1. The minimum Gasteiger partial charge on any atom is -0.394 e. The highest BCUT2D eigenvalue weighted by Gasteiger charge is 2.18. The Hall–Kier alpha value is -1.43. The first kappa shape index (κ1) is 14.6. The lowest BCUT2D eigenvalue weighted by Crippen LogP contribution is -2.44. The van der Waals surface area contributed by atoms with Crippen molar-refractivity contribution in [2.75, 3.05) is 20.3 Å². The molecule has 0 radical (unpaired) electrons. The summed E-state index contributed by atoms with van der Waals surface area (Å²) in [6, 6.07) is 6.28. The molecule has 18 heavy (non-hydrogen) atoms. The van der Waals surface area contributed by atoms with E-state index in [1.54, 1.807) is 0 Å². The number of benzene rings is 1. The molecule has 1 rings (SSSR count). The topological polar surface area (TPSA) is 84.6 Å². The summed E-state index contributed by atoms with van der Waals surface area (Å²) in [6.07, 6.45) is 0. The molecule has 1 amide bonds. The van der Waals surface area contributed by atoms with Crippen molar-refractivity contribution in [1.29, 1.82) is 0 Å². The molecule has 0 bridgehead atoms. The maximum absolute atomic E-state index is 11.9. The molecular weight excluding hydrogens is 232 g/mol. The van der Waals surface area contributed by atoms with Crippen LogP contribution >= 0.6 is 0 Å². The number of nitrogens with two attached hydrogens (primary N) is 1. The molecule has 0 spiro atoms. The number of methoxy groups -OCH3 is 1. The van der Waals surface area contributed by atoms with Crippen molar-refractivity contribution in [3.8, 4) is 0 Å². The third-order valence-corrected chi connectivity index (χ3v) is 2.65. The summed E-state index contributed by atoms with van der Waals surface area (Å²) in [5.74, 6) is -0.324. The number of nitrogens with one attached hydrogen (secondary N) is 1. The molecule has 1 aromatic rings. The van der Waals surface area contributed by atoms with Gasteiger partial charge in [-0.15, -0.1) is 0 Å². The smallest absolute Gasteiger partial charge is 0.241 e. The predicted molar refractivity (Wildman–Crippen MR) is 69.0 cm³/mol. The van der Waals surface area contributed by atoms with Gasteiger partial charge in [0.2, 0.25) is 5.91 Å². The van der Waals surface area contributed by atoms with Crippen molar-refractivity contribution in [2.45, 2.75) is 19.0 Å². The van der Waals surface area contributed by atoms with Gasteiger partial charge in [-0.1, -0.05) is 29.8 Å². The van der Waals surface area contributed by atoms with Crippen molar-refractivity contribution in [3.63, 3.8) is 0 Å². The normalized spacial score (nSPS) is 14.0. The summed E-state index contributed by atoms with van der Waals surface area (Å²) in [5, 5.41) is 11.7. The molecule has 100 valence electrons. The largest absolute Gasteiger partial charge is 0.394 e. The molecule has 0 saturated carbocycles. The van der Waals surface area contributed by atoms with Crippen molar-refractivity contribution < 1.29 is 14.6 Å². The third kappa shape index (κ3) is 4.10. The van der Waals surface area contributed by atoms with Crippen molar-refractivity contribution in [3.05, 3.63) is 35.4 Å². The lowest BCUT2D eigenvalue weighted by molar-refractivity contribution is -0.123. The van der Waals surface area contributed by atoms with Crippen LogP contribution in [-0.4, -0.2) is 37.4 Å². The second-order valence-electron chi connectivity index (χ2n) is 4.23. The zero-order chi connectivity index (χ0) is 13.5. The Kier molecular flexibility index (Phi) is 5.77. The van der Waals surface area contributed by atoms with E-state index in [1.165, 1.54) is 7.11 Å². The van der Waals surface area contributed by atoms with Gasteiger partial charge in [-0.2, -0.15) is 0 Å². The van der Waals surface area contributed by atoms with Crippen molar-refractivity contribution >= 4 is 5.91 Å². The second kappa shape index (κ2) is 7.10. The van der Waals surface area contributed by atoms with Crippen LogP contribution in [0.1, 0.15) is 17.2 Å². The van der Waals surface area contributed by atoms with E-state index in [-0.39, 0.29) is 19.1 Å². The predicted octanol–water partition coefficient (Wildman–Crippen LogP) is 0.118. The Morgan fingerprint density at radius 2 is 2.06 bits per heavy atom. The van der Waals surface area contributed by atoms with Gasteiger partial charge in [-0.25, -0.2) is 0 Å². The van der Waals surface area contributed by atoms with Crippen LogP contribution in [0.2, 0.25) is 0 Å². The lowest BCUT2D eigenvalue weighted by Gasteiger charge is -2.18. The molecular formula is C13H20N2O3. The maximum Gasteiger partial charge on any atom is 0.241 e. The molecule has 0 saturated heterocycles. The van der Waals surface area contributed by atoms with Crippen LogP contribution in [0, 0.1) is 6.92 Å². The average Bonchev–Trinajstić information content (AvgIpc) is 2.38. The molecule has 5 heteroatoms. The highest BCUT2D eigenvalue weighted by atomic mass is 16.5. The Morgan fingerprint density at radius 3 is 2.56 bits per heavy atom. The van der Waals surface area contributed by atoms with Crippen LogP contribution in [0.4, 0.5) is 0 Å². The van der Waals surface area contributed by atoms with Crippen LogP contribution in [-0.2, 0) is 9.53 Å². The van der Waals surface area contributed by atoms with Crippen LogP contribution in [0.5, 0.6) is 0 Å². The van der Waals surface area contributed by atoms with E-state index in [2.05, 4.69) is 5.32 Å². The summed E-state index contributed by atoms with van der Waals surface area (Å²) in [7, 11) is 1.51. The number of rotatable bonds is 6. The Morgan fingerprint density at radius 1 is 1.44 bits per heavy atom. The van der Waals surface area contributed by atoms with E-state index >= 15 is 0 Å². The number of aliphatic hydroxyl groups is 1. The highest BCUT2D eigenvalue weighted by molar-refractivity contribution is 5.83. The molecule has 0 fully saturated rings. The molecule has 4 N–H and O–H groups in total. The zero-order valence-corrected chi connectivity index (χ0v) is 10.7. The molecule has 0 aliphatic heterocycles. The SMILES string of the molecule is COCC(CO)NC(=O)C(N)c1ccc(C)cc1. The number of amides is 1. The zero-order valence-electron chi connectivity index (χ0n) is 10.7. The first-order chi connectivity index (χ1) is 8.58. The summed E-state index contributed by atoms with van der Waals surface area (Å²) in [5.41, 5.74) is 7.71. The standard InChI is InChI=1S/C13H20N2O3/c1-9-3-5-10(6-4-9)12(14)13(17)15-11(7-16)8-18-2/h3-6,11-12,16H,7-8,14H2,1-2H3,(H,15,17). The second-order valence-corrected chi connectivity index (χ2v) is 4.23. The van der Waals surface area contributed by atoms with E-state index < -0.39 is 12.1 Å². The van der Waals surface area contributed by atoms with E-state index in [0.29, 0.717) is 0 Å². The van der Waals surface area contributed by atoms with Crippen LogP contribution in [0.3, 0.4) is 0 Å². The van der Waals surface area contributed by atoms with Gasteiger partial charge in [-0.05, 0) is 12.5 Å². The molecule has 1 aromatic carbocycles. The molecule has 2 atom stereocenters. The van der Waals surface area contributed by atoms with Gasteiger partial charge in [0.25, 0.3) is 0 Å². The monoisotopic (exact) mass is 252 g/mol. The van der Waals surface area contributed by atoms with Crippen LogP contribution in [0.25, 0.3) is 0 Å². The number of aliphatic hydroxyl groups excluding tert-OH is 1. The Bertz CT molecular complexity index is 378. The summed E-state index contributed by atoms with van der Waals surface area (Å²) in [4.78, 5) is 11.9. The quantitative estimate of drug-likeness (QED) is 0.671. The van der Waals surface area contributed by atoms with Gasteiger partial charge in [0.15, 0.2) is 0 Å². The summed E-state index contributed by atoms with van der Waals surface area (Å²) >= 11 is 0. The van der Waals surface area contributed by atoms with E-state index in [4.69, 9.17) is 15.6 Å². The van der Waals surface area contributed by atoms with Crippen LogP contribution in [0.15, 0.2) is 24.3 Å². The number of hydrogen-bond acceptors (Lipinski definition) is 4. The van der Waals surface area contributed by atoms with Crippen LogP contribution < -0.4 is 11.1 Å². The number of hydrogen-bond donors (Lipinski definition) is 3. The third-order valence-electron chi connectivity index (χ3n) is 2.65. The highest BCUT2D eigenvalue weighted by Crippen LogP contribution is 2.11. The van der Waals surface area contributed by atoms with Gasteiger partial charge in [0, 0.05) is 7.11 Å². The van der Waals surface area contributed by atoms with E-state index in [9.17, 15) is 4.79 Å². The lowest BCUT2D eigenvalue weighted by atomic mass is 10.1. The molecule has 0 aliphatic rings. The molecule has 0 heterocycles. The maximum atomic E-state index is 11.9. The Labute approximate surface area is 107 Å². The minimum absolute atomic E-state index is 0.180. The number of carbonyl (C=O) groups excluding carboxylic acids is 1. The van der Waals surface area contributed by atoms with Gasteiger partial charge >= 0.3 is 0 Å². The fraction of sp³-hybridized carbons (Fsp3) is 0.462. The number of aryl methyl sites for hydroxylation is 1. The van der Waals surface area contributed by atoms with Gasteiger partial charge in [0.05, 0.1) is 19.3 Å². The first-order valence-corrected chi connectivity index (χ1v) is 5.80. The Balaban J connectivity index is 2.63. The summed E-state index contributed by atoms with van der Waals surface area (Å²) < 4.78 is 4.88. The minimum atomic E-state index is -0.739. The molecule has 0 aliphatic carbocycles. The molecule has 2 unspecified atom stereocenters.